The third-order valence-corrected chi connectivity index (χ3v) is 5.18. The molecule has 0 spiro atoms. The van der Waals surface area contributed by atoms with E-state index in [1.807, 2.05) is 52.9 Å². The number of esters is 1. The van der Waals surface area contributed by atoms with Crippen LogP contribution in [0.5, 0.6) is 0 Å². The molecule has 4 nitrogen and oxygen atoms in total. The molecule has 0 radical (unpaired) electrons. The van der Waals surface area contributed by atoms with E-state index in [9.17, 15) is 4.79 Å². The molecule has 0 bridgehead atoms. The summed E-state index contributed by atoms with van der Waals surface area (Å²) in [5.41, 5.74) is 3.54. The Hall–Kier alpha value is -2.82. The second-order valence-electron chi connectivity index (χ2n) is 6.26. The van der Waals surface area contributed by atoms with Gasteiger partial charge in [0.2, 0.25) is 0 Å². The van der Waals surface area contributed by atoms with E-state index in [1.54, 1.807) is 24.4 Å². The standard InChI is InChI=1S/C22H16Cl2N2O2/c1-28-22(27)19(16-9-5-6-10-17(16)24)21-20(14-7-3-2-4-8-14)25-18-13-15(23)11-12-26(18)21/h2-13,19H,1H3. The van der Waals surface area contributed by atoms with Crippen molar-refractivity contribution in [2.75, 3.05) is 7.11 Å². The monoisotopic (exact) mass is 410 g/mol. The van der Waals surface area contributed by atoms with Gasteiger partial charge in [0.25, 0.3) is 0 Å². The molecule has 0 saturated carbocycles. The van der Waals surface area contributed by atoms with Gasteiger partial charge >= 0.3 is 5.97 Å². The first kappa shape index (κ1) is 18.5. The Morgan fingerprint density at radius 2 is 1.75 bits per heavy atom. The van der Waals surface area contributed by atoms with E-state index < -0.39 is 11.9 Å². The lowest BCUT2D eigenvalue weighted by atomic mass is 9.92. The number of carbonyl (C=O) groups excluding carboxylic acids is 1. The average molecular weight is 411 g/mol. The van der Waals surface area contributed by atoms with E-state index in [0.29, 0.717) is 32.6 Å². The number of nitrogens with zero attached hydrogens (tertiary/aromatic N) is 2. The Morgan fingerprint density at radius 1 is 1.04 bits per heavy atom. The number of aromatic nitrogens is 2. The maximum atomic E-state index is 12.9. The Balaban J connectivity index is 2.07. The Kier molecular flexibility index (Phi) is 5.07. The summed E-state index contributed by atoms with van der Waals surface area (Å²) >= 11 is 12.6. The summed E-state index contributed by atoms with van der Waals surface area (Å²) in [4.78, 5) is 17.7. The topological polar surface area (TPSA) is 43.6 Å². The first-order valence-electron chi connectivity index (χ1n) is 8.65. The number of rotatable bonds is 4. The van der Waals surface area contributed by atoms with Gasteiger partial charge in [0, 0.05) is 27.9 Å². The smallest absolute Gasteiger partial charge is 0.319 e. The van der Waals surface area contributed by atoms with Crippen LogP contribution in [0.1, 0.15) is 17.2 Å². The molecule has 0 fully saturated rings. The van der Waals surface area contributed by atoms with E-state index in [2.05, 4.69) is 0 Å². The third kappa shape index (κ3) is 3.26. The molecule has 0 aliphatic carbocycles. The van der Waals surface area contributed by atoms with Gasteiger partial charge < -0.3 is 9.14 Å². The Labute approximate surface area is 172 Å². The second kappa shape index (κ2) is 7.66. The zero-order valence-electron chi connectivity index (χ0n) is 15.0. The van der Waals surface area contributed by atoms with Gasteiger partial charge in [0.1, 0.15) is 11.6 Å². The zero-order chi connectivity index (χ0) is 19.7. The Bertz CT molecular complexity index is 1160. The lowest BCUT2D eigenvalue weighted by molar-refractivity contribution is -0.141. The molecule has 4 rings (SSSR count). The van der Waals surface area contributed by atoms with Crippen molar-refractivity contribution in [3.63, 3.8) is 0 Å². The van der Waals surface area contributed by atoms with E-state index >= 15 is 0 Å². The van der Waals surface area contributed by atoms with Gasteiger partial charge in [0.05, 0.1) is 18.5 Å². The number of methoxy groups -OCH3 is 1. The molecule has 0 saturated heterocycles. The molecule has 1 atom stereocenters. The van der Waals surface area contributed by atoms with Crippen LogP contribution in [0.4, 0.5) is 0 Å². The van der Waals surface area contributed by atoms with Crippen molar-refractivity contribution in [2.24, 2.45) is 0 Å². The van der Waals surface area contributed by atoms with Gasteiger partial charge in [-0.15, -0.1) is 0 Å². The van der Waals surface area contributed by atoms with Gasteiger partial charge in [-0.3, -0.25) is 4.79 Å². The fourth-order valence-corrected chi connectivity index (χ4v) is 3.73. The molecule has 6 heteroatoms. The van der Waals surface area contributed by atoms with Crippen molar-refractivity contribution < 1.29 is 9.53 Å². The van der Waals surface area contributed by atoms with Crippen LogP contribution in [0.15, 0.2) is 72.9 Å². The number of imidazole rings is 1. The van der Waals surface area contributed by atoms with Crippen molar-refractivity contribution in [3.05, 3.63) is 94.2 Å². The predicted molar refractivity (Wildman–Crippen MR) is 111 cm³/mol. The van der Waals surface area contributed by atoms with Gasteiger partial charge in [-0.1, -0.05) is 71.7 Å². The molecule has 2 aromatic carbocycles. The average Bonchev–Trinajstić information content (AvgIpc) is 3.08. The summed E-state index contributed by atoms with van der Waals surface area (Å²) in [5.74, 6) is -1.16. The third-order valence-electron chi connectivity index (χ3n) is 4.60. The molecule has 0 amide bonds. The van der Waals surface area contributed by atoms with Crippen LogP contribution in [0, 0.1) is 0 Å². The van der Waals surface area contributed by atoms with E-state index in [4.69, 9.17) is 32.9 Å². The number of halogens is 2. The zero-order valence-corrected chi connectivity index (χ0v) is 16.5. The highest BCUT2D eigenvalue weighted by molar-refractivity contribution is 6.31. The molecule has 0 aliphatic heterocycles. The van der Waals surface area contributed by atoms with Crippen molar-refractivity contribution in [1.29, 1.82) is 0 Å². The van der Waals surface area contributed by atoms with Gasteiger partial charge in [0.15, 0.2) is 0 Å². The molecular weight excluding hydrogens is 395 g/mol. The quantitative estimate of drug-likeness (QED) is 0.410. The van der Waals surface area contributed by atoms with E-state index in [-0.39, 0.29) is 0 Å². The normalized spacial score (nSPS) is 12.1. The highest BCUT2D eigenvalue weighted by Crippen LogP contribution is 2.37. The summed E-state index contributed by atoms with van der Waals surface area (Å²) < 4.78 is 7.00. The van der Waals surface area contributed by atoms with Crippen molar-refractivity contribution in [2.45, 2.75) is 5.92 Å². The molecule has 0 aliphatic rings. The number of benzene rings is 2. The molecule has 0 N–H and O–H groups in total. The summed E-state index contributed by atoms with van der Waals surface area (Å²) in [7, 11) is 1.37. The number of hydrogen-bond donors (Lipinski definition) is 0. The summed E-state index contributed by atoms with van der Waals surface area (Å²) in [5, 5.41) is 1.05. The maximum Gasteiger partial charge on any atom is 0.319 e. The SMILES string of the molecule is COC(=O)C(c1ccccc1Cl)c1c(-c2ccccc2)nc2cc(Cl)ccn12. The fourth-order valence-electron chi connectivity index (χ4n) is 3.34. The van der Waals surface area contributed by atoms with Crippen molar-refractivity contribution in [3.8, 4) is 11.3 Å². The first-order chi connectivity index (χ1) is 13.6. The molecule has 2 heterocycles. The minimum atomic E-state index is -0.745. The largest absolute Gasteiger partial charge is 0.468 e. The Morgan fingerprint density at radius 3 is 2.46 bits per heavy atom. The van der Waals surface area contributed by atoms with Crippen LogP contribution >= 0.6 is 23.2 Å². The molecular formula is C22H16Cl2N2O2. The molecule has 4 aromatic rings. The fraction of sp³-hybridized carbons (Fsp3) is 0.0909. The van der Waals surface area contributed by atoms with Crippen LogP contribution in [0.2, 0.25) is 10.0 Å². The lowest BCUT2D eigenvalue weighted by Crippen LogP contribution is -2.18. The van der Waals surface area contributed by atoms with Gasteiger partial charge in [-0.25, -0.2) is 4.98 Å². The van der Waals surface area contributed by atoms with Crippen molar-refractivity contribution >= 4 is 34.8 Å². The summed E-state index contributed by atoms with van der Waals surface area (Å²) in [6, 6.07) is 20.5. The highest BCUT2D eigenvalue weighted by atomic mass is 35.5. The minimum Gasteiger partial charge on any atom is -0.468 e. The van der Waals surface area contributed by atoms with Crippen LogP contribution in [-0.4, -0.2) is 22.5 Å². The molecule has 1 unspecified atom stereocenters. The van der Waals surface area contributed by atoms with Gasteiger partial charge in [-0.2, -0.15) is 0 Å². The minimum absolute atomic E-state index is 0.415. The number of hydrogen-bond acceptors (Lipinski definition) is 3. The van der Waals surface area contributed by atoms with Crippen molar-refractivity contribution in [1.82, 2.24) is 9.38 Å². The summed E-state index contributed by atoms with van der Waals surface area (Å²) in [6.07, 6.45) is 1.80. The van der Waals surface area contributed by atoms with Crippen LogP contribution in [0.3, 0.4) is 0 Å². The van der Waals surface area contributed by atoms with E-state index in [1.165, 1.54) is 7.11 Å². The summed E-state index contributed by atoms with van der Waals surface area (Å²) in [6.45, 7) is 0. The number of ether oxygens (including phenoxy) is 1. The van der Waals surface area contributed by atoms with E-state index in [0.717, 1.165) is 5.56 Å². The number of fused-ring (bicyclic) bond motifs is 1. The number of pyridine rings is 1. The first-order valence-corrected chi connectivity index (χ1v) is 9.41. The molecule has 140 valence electrons. The van der Waals surface area contributed by atoms with Crippen LogP contribution in [0.25, 0.3) is 16.9 Å². The van der Waals surface area contributed by atoms with Crippen LogP contribution < -0.4 is 0 Å². The lowest BCUT2D eigenvalue weighted by Gasteiger charge is -2.18. The molecule has 28 heavy (non-hydrogen) atoms. The predicted octanol–water partition coefficient (Wildman–Crippen LogP) is 5.61. The molecule has 2 aromatic heterocycles. The highest BCUT2D eigenvalue weighted by Gasteiger charge is 2.32. The number of carbonyl (C=O) groups is 1. The second-order valence-corrected chi connectivity index (χ2v) is 7.11. The van der Waals surface area contributed by atoms with Gasteiger partial charge in [-0.05, 0) is 17.7 Å². The van der Waals surface area contributed by atoms with Crippen LogP contribution in [-0.2, 0) is 9.53 Å². The maximum absolute atomic E-state index is 12.9.